The Labute approximate surface area is 119 Å². The molecule has 0 spiro atoms. The van der Waals surface area contributed by atoms with Crippen LogP contribution in [-0.4, -0.2) is 24.2 Å². The molecule has 3 N–H and O–H groups in total. The van der Waals surface area contributed by atoms with E-state index in [1.807, 2.05) is 6.07 Å². The number of carbonyl (C=O) groups is 1. The highest BCUT2D eigenvalue weighted by Crippen LogP contribution is 2.38. The van der Waals surface area contributed by atoms with Crippen molar-refractivity contribution in [2.45, 2.75) is 32.1 Å². The van der Waals surface area contributed by atoms with Crippen molar-refractivity contribution in [2.75, 3.05) is 23.7 Å². The lowest BCUT2D eigenvalue weighted by Crippen LogP contribution is -2.42. The molecule has 1 saturated carbocycles. The molecule has 1 aromatic carbocycles. The summed E-state index contributed by atoms with van der Waals surface area (Å²) in [5, 5.41) is 9.35. The standard InChI is InChI=1S/C16H22N2O2/c17-13-5-6-14(16(19)20)15(9-13)18-8-7-11-3-1-2-4-12(11)10-18/h5-6,9,11-12H,1-4,7-8,10,17H2,(H,19,20). The predicted molar refractivity (Wildman–Crippen MR) is 80.1 cm³/mol. The number of hydrogen-bond acceptors (Lipinski definition) is 3. The van der Waals surface area contributed by atoms with Gasteiger partial charge in [0.1, 0.15) is 0 Å². The van der Waals surface area contributed by atoms with Gasteiger partial charge in [-0.2, -0.15) is 0 Å². The van der Waals surface area contributed by atoms with E-state index in [1.54, 1.807) is 12.1 Å². The van der Waals surface area contributed by atoms with Crippen molar-refractivity contribution in [2.24, 2.45) is 11.8 Å². The van der Waals surface area contributed by atoms with Crippen LogP contribution < -0.4 is 10.6 Å². The number of nitrogen functional groups attached to an aromatic ring is 1. The van der Waals surface area contributed by atoms with Gasteiger partial charge in [-0.1, -0.05) is 19.3 Å². The van der Waals surface area contributed by atoms with Gasteiger partial charge in [0.25, 0.3) is 0 Å². The molecule has 4 nitrogen and oxygen atoms in total. The van der Waals surface area contributed by atoms with Crippen LogP contribution in [0.25, 0.3) is 0 Å². The number of nitrogens with two attached hydrogens (primary N) is 1. The van der Waals surface area contributed by atoms with E-state index in [1.165, 1.54) is 32.1 Å². The highest BCUT2D eigenvalue weighted by atomic mass is 16.4. The summed E-state index contributed by atoms with van der Waals surface area (Å²) < 4.78 is 0. The van der Waals surface area contributed by atoms with Crippen LogP contribution in [0.3, 0.4) is 0 Å². The molecule has 1 aromatic rings. The fraction of sp³-hybridized carbons (Fsp3) is 0.562. The van der Waals surface area contributed by atoms with Gasteiger partial charge in [-0.3, -0.25) is 0 Å². The third-order valence-corrected chi connectivity index (χ3v) is 4.88. The molecule has 1 saturated heterocycles. The van der Waals surface area contributed by atoms with Gasteiger partial charge in [-0.15, -0.1) is 0 Å². The maximum atomic E-state index is 11.4. The minimum absolute atomic E-state index is 0.369. The summed E-state index contributed by atoms with van der Waals surface area (Å²) in [6, 6.07) is 5.10. The third kappa shape index (κ3) is 2.47. The summed E-state index contributed by atoms with van der Waals surface area (Å²) in [7, 11) is 0. The van der Waals surface area contributed by atoms with Crippen molar-refractivity contribution in [1.29, 1.82) is 0 Å². The molecule has 1 aliphatic carbocycles. The number of hydrogen-bond donors (Lipinski definition) is 2. The highest BCUT2D eigenvalue weighted by Gasteiger charge is 2.32. The molecular weight excluding hydrogens is 252 g/mol. The van der Waals surface area contributed by atoms with E-state index in [-0.39, 0.29) is 0 Å². The Kier molecular flexibility index (Phi) is 3.55. The summed E-state index contributed by atoms with van der Waals surface area (Å²) in [4.78, 5) is 13.6. The van der Waals surface area contributed by atoms with Crippen LogP contribution in [0.15, 0.2) is 18.2 Å². The van der Waals surface area contributed by atoms with E-state index < -0.39 is 5.97 Å². The Morgan fingerprint density at radius 1 is 1.20 bits per heavy atom. The Hall–Kier alpha value is -1.71. The first kappa shape index (κ1) is 13.3. The molecule has 0 bridgehead atoms. The Morgan fingerprint density at radius 3 is 2.70 bits per heavy atom. The molecule has 0 radical (unpaired) electrons. The van der Waals surface area contributed by atoms with Crippen LogP contribution in [0.4, 0.5) is 11.4 Å². The zero-order valence-electron chi connectivity index (χ0n) is 11.7. The zero-order chi connectivity index (χ0) is 14.1. The van der Waals surface area contributed by atoms with Crippen LogP contribution in [-0.2, 0) is 0 Å². The number of fused-ring (bicyclic) bond motifs is 1. The number of piperidine rings is 1. The molecule has 3 rings (SSSR count). The first-order chi connectivity index (χ1) is 9.65. The van der Waals surface area contributed by atoms with Crippen molar-refractivity contribution in [1.82, 2.24) is 0 Å². The predicted octanol–water partition coefficient (Wildman–Crippen LogP) is 2.98. The van der Waals surface area contributed by atoms with Gasteiger partial charge in [-0.25, -0.2) is 4.79 Å². The summed E-state index contributed by atoms with van der Waals surface area (Å²) >= 11 is 0. The van der Waals surface area contributed by atoms with Crippen molar-refractivity contribution in [3.05, 3.63) is 23.8 Å². The lowest BCUT2D eigenvalue weighted by atomic mass is 9.75. The van der Waals surface area contributed by atoms with Crippen molar-refractivity contribution < 1.29 is 9.90 Å². The number of carboxylic acids is 1. The average Bonchev–Trinajstić information content (AvgIpc) is 2.46. The second kappa shape index (κ2) is 5.35. The van der Waals surface area contributed by atoms with Gasteiger partial charge in [0.2, 0.25) is 0 Å². The van der Waals surface area contributed by atoms with Crippen molar-refractivity contribution >= 4 is 17.3 Å². The van der Waals surface area contributed by atoms with E-state index in [0.29, 0.717) is 11.3 Å². The first-order valence-electron chi connectivity index (χ1n) is 7.53. The summed E-state index contributed by atoms with van der Waals surface area (Å²) in [5.74, 6) is 0.695. The van der Waals surface area contributed by atoms with Crippen molar-refractivity contribution in [3.8, 4) is 0 Å². The van der Waals surface area contributed by atoms with Gasteiger partial charge >= 0.3 is 5.97 Å². The molecule has 1 heterocycles. The SMILES string of the molecule is Nc1ccc(C(=O)O)c(N2CCC3CCCCC3C2)c1. The molecule has 20 heavy (non-hydrogen) atoms. The second-order valence-electron chi connectivity index (χ2n) is 6.12. The highest BCUT2D eigenvalue weighted by molar-refractivity contribution is 5.95. The molecule has 2 aliphatic rings. The number of nitrogens with zero attached hydrogens (tertiary/aromatic N) is 1. The summed E-state index contributed by atoms with van der Waals surface area (Å²) in [6.07, 6.45) is 6.49. The lowest BCUT2D eigenvalue weighted by molar-refractivity contribution is 0.0697. The van der Waals surface area contributed by atoms with E-state index >= 15 is 0 Å². The maximum Gasteiger partial charge on any atom is 0.337 e. The van der Waals surface area contributed by atoms with Crippen LogP contribution in [0, 0.1) is 11.8 Å². The van der Waals surface area contributed by atoms with E-state index in [4.69, 9.17) is 5.73 Å². The van der Waals surface area contributed by atoms with Crippen LogP contribution in [0.1, 0.15) is 42.5 Å². The quantitative estimate of drug-likeness (QED) is 0.814. The fourth-order valence-corrected chi connectivity index (χ4v) is 3.81. The molecule has 0 amide bonds. The topological polar surface area (TPSA) is 66.6 Å². The Balaban J connectivity index is 1.85. The van der Waals surface area contributed by atoms with E-state index in [0.717, 1.165) is 30.6 Å². The smallest absolute Gasteiger partial charge is 0.337 e. The maximum absolute atomic E-state index is 11.4. The minimum atomic E-state index is -0.870. The number of rotatable bonds is 2. The lowest BCUT2D eigenvalue weighted by Gasteiger charge is -2.42. The van der Waals surface area contributed by atoms with E-state index in [9.17, 15) is 9.90 Å². The monoisotopic (exact) mass is 274 g/mol. The third-order valence-electron chi connectivity index (χ3n) is 4.88. The molecule has 2 fully saturated rings. The largest absolute Gasteiger partial charge is 0.478 e. The molecule has 2 unspecified atom stereocenters. The number of benzene rings is 1. The molecule has 108 valence electrons. The zero-order valence-corrected chi connectivity index (χ0v) is 11.7. The van der Waals surface area contributed by atoms with Gasteiger partial charge in [-0.05, 0) is 42.9 Å². The number of anilines is 2. The van der Waals surface area contributed by atoms with Crippen LogP contribution in [0.5, 0.6) is 0 Å². The summed E-state index contributed by atoms with van der Waals surface area (Å²) in [6.45, 7) is 1.93. The van der Waals surface area contributed by atoms with Crippen molar-refractivity contribution in [3.63, 3.8) is 0 Å². The Bertz CT molecular complexity index is 515. The number of carboxylic acid groups (broad SMARTS) is 1. The van der Waals surface area contributed by atoms with E-state index in [2.05, 4.69) is 4.90 Å². The molecule has 1 aliphatic heterocycles. The molecule has 0 aromatic heterocycles. The molecule has 2 atom stereocenters. The normalized spacial score (nSPS) is 26.1. The van der Waals surface area contributed by atoms with Gasteiger partial charge < -0.3 is 15.7 Å². The van der Waals surface area contributed by atoms with Gasteiger partial charge in [0.15, 0.2) is 0 Å². The fourth-order valence-electron chi connectivity index (χ4n) is 3.81. The summed E-state index contributed by atoms with van der Waals surface area (Å²) in [5.41, 5.74) is 7.64. The van der Waals surface area contributed by atoms with Gasteiger partial charge in [0, 0.05) is 18.8 Å². The molecule has 4 heteroatoms. The first-order valence-corrected chi connectivity index (χ1v) is 7.53. The van der Waals surface area contributed by atoms with Crippen LogP contribution >= 0.6 is 0 Å². The second-order valence-corrected chi connectivity index (χ2v) is 6.12. The number of aromatic carboxylic acids is 1. The minimum Gasteiger partial charge on any atom is -0.478 e. The van der Waals surface area contributed by atoms with Gasteiger partial charge in [0.05, 0.1) is 11.3 Å². The van der Waals surface area contributed by atoms with Crippen LogP contribution in [0.2, 0.25) is 0 Å². The molecular formula is C16H22N2O2. The average molecular weight is 274 g/mol. The Morgan fingerprint density at radius 2 is 1.95 bits per heavy atom.